The van der Waals surface area contributed by atoms with Crippen molar-refractivity contribution in [2.75, 3.05) is 32.8 Å². The van der Waals surface area contributed by atoms with Crippen LogP contribution in [-0.4, -0.2) is 42.7 Å². The van der Waals surface area contributed by atoms with Crippen LogP contribution in [0.25, 0.3) is 0 Å². The van der Waals surface area contributed by atoms with Crippen LogP contribution in [0.2, 0.25) is 0 Å². The van der Waals surface area contributed by atoms with E-state index in [1.807, 2.05) is 19.2 Å². The van der Waals surface area contributed by atoms with Gasteiger partial charge in [-0.15, -0.1) is 0 Å². The third-order valence-corrected chi connectivity index (χ3v) is 2.77. The van der Waals surface area contributed by atoms with Crippen molar-refractivity contribution in [3.8, 4) is 5.75 Å². The van der Waals surface area contributed by atoms with Crippen LogP contribution in [-0.2, 0) is 6.54 Å². The normalized spacial score (nSPS) is 17.3. The first-order valence-corrected chi connectivity index (χ1v) is 5.89. The summed E-state index contributed by atoms with van der Waals surface area (Å²) in [6.07, 6.45) is 3.64. The van der Waals surface area contributed by atoms with Gasteiger partial charge in [0.25, 0.3) is 0 Å². The smallest absolute Gasteiger partial charge is 0.142 e. The standard InChI is InChI=1S/C12H19N3O/c1-2-16-12-9-14-4-3-11(12)10-15-7-5-13-6-8-15/h3-4,9,13H,2,5-8,10H2,1H3. The van der Waals surface area contributed by atoms with Gasteiger partial charge in [0.2, 0.25) is 0 Å². The summed E-state index contributed by atoms with van der Waals surface area (Å²) in [6.45, 7) is 8.02. The number of aromatic nitrogens is 1. The summed E-state index contributed by atoms with van der Waals surface area (Å²) in [5.74, 6) is 0.920. The van der Waals surface area contributed by atoms with E-state index in [1.54, 1.807) is 6.20 Å². The summed E-state index contributed by atoms with van der Waals surface area (Å²) in [6, 6.07) is 2.05. The maximum absolute atomic E-state index is 5.57. The molecule has 1 fully saturated rings. The monoisotopic (exact) mass is 221 g/mol. The molecule has 1 saturated heterocycles. The average molecular weight is 221 g/mol. The fourth-order valence-electron chi connectivity index (χ4n) is 1.94. The second-order valence-corrected chi connectivity index (χ2v) is 3.94. The molecule has 0 aliphatic carbocycles. The number of nitrogens with zero attached hydrogens (tertiary/aromatic N) is 2. The average Bonchev–Trinajstić information content (AvgIpc) is 2.33. The first-order valence-electron chi connectivity index (χ1n) is 5.89. The summed E-state index contributed by atoms with van der Waals surface area (Å²) >= 11 is 0. The van der Waals surface area contributed by atoms with Crippen LogP contribution in [0.1, 0.15) is 12.5 Å². The van der Waals surface area contributed by atoms with Crippen molar-refractivity contribution in [2.24, 2.45) is 0 Å². The van der Waals surface area contributed by atoms with Crippen LogP contribution in [0.15, 0.2) is 18.5 Å². The molecule has 4 nitrogen and oxygen atoms in total. The van der Waals surface area contributed by atoms with Gasteiger partial charge in [0, 0.05) is 44.5 Å². The van der Waals surface area contributed by atoms with Gasteiger partial charge in [-0.25, -0.2) is 0 Å². The van der Waals surface area contributed by atoms with Crippen molar-refractivity contribution in [2.45, 2.75) is 13.5 Å². The molecule has 4 heteroatoms. The molecule has 88 valence electrons. The van der Waals surface area contributed by atoms with Crippen LogP contribution in [0.3, 0.4) is 0 Å². The van der Waals surface area contributed by atoms with Gasteiger partial charge in [0.1, 0.15) is 5.75 Å². The summed E-state index contributed by atoms with van der Waals surface area (Å²) in [5, 5.41) is 3.36. The fraction of sp³-hybridized carbons (Fsp3) is 0.583. The summed E-state index contributed by atoms with van der Waals surface area (Å²) in [5.41, 5.74) is 1.23. The summed E-state index contributed by atoms with van der Waals surface area (Å²) < 4.78 is 5.57. The molecule has 0 radical (unpaired) electrons. The Labute approximate surface area is 96.6 Å². The molecule has 2 rings (SSSR count). The van der Waals surface area contributed by atoms with Crippen LogP contribution in [0.4, 0.5) is 0 Å². The van der Waals surface area contributed by atoms with E-state index < -0.39 is 0 Å². The lowest BCUT2D eigenvalue weighted by molar-refractivity contribution is 0.228. The van der Waals surface area contributed by atoms with E-state index in [9.17, 15) is 0 Å². The minimum Gasteiger partial charge on any atom is -0.492 e. The number of hydrogen-bond donors (Lipinski definition) is 1. The van der Waals surface area contributed by atoms with Crippen LogP contribution in [0, 0.1) is 0 Å². The predicted octanol–water partition coefficient (Wildman–Crippen LogP) is 0.885. The number of piperazine rings is 1. The van der Waals surface area contributed by atoms with Crippen LogP contribution < -0.4 is 10.1 Å². The van der Waals surface area contributed by atoms with Crippen molar-refractivity contribution in [1.82, 2.24) is 15.2 Å². The molecular weight excluding hydrogens is 202 g/mol. The molecule has 1 aromatic rings. The maximum atomic E-state index is 5.57. The number of nitrogens with one attached hydrogen (secondary N) is 1. The van der Waals surface area contributed by atoms with Crippen molar-refractivity contribution in [1.29, 1.82) is 0 Å². The molecule has 0 aromatic carbocycles. The quantitative estimate of drug-likeness (QED) is 0.819. The van der Waals surface area contributed by atoms with Crippen molar-refractivity contribution in [3.05, 3.63) is 24.0 Å². The molecule has 1 N–H and O–H groups in total. The zero-order valence-electron chi connectivity index (χ0n) is 9.78. The molecule has 0 bridgehead atoms. The van der Waals surface area contributed by atoms with Crippen molar-refractivity contribution < 1.29 is 4.74 Å². The van der Waals surface area contributed by atoms with Crippen LogP contribution in [0.5, 0.6) is 5.75 Å². The Morgan fingerprint density at radius 2 is 2.25 bits per heavy atom. The van der Waals surface area contributed by atoms with Gasteiger partial charge in [-0.3, -0.25) is 9.88 Å². The van der Waals surface area contributed by atoms with E-state index in [-0.39, 0.29) is 0 Å². The second-order valence-electron chi connectivity index (χ2n) is 3.94. The minimum absolute atomic E-state index is 0.695. The summed E-state index contributed by atoms with van der Waals surface area (Å²) in [4.78, 5) is 6.54. The highest BCUT2D eigenvalue weighted by molar-refractivity contribution is 5.29. The highest BCUT2D eigenvalue weighted by Crippen LogP contribution is 2.18. The van der Waals surface area contributed by atoms with Gasteiger partial charge >= 0.3 is 0 Å². The first kappa shape index (κ1) is 11.4. The number of pyridine rings is 1. The van der Waals surface area contributed by atoms with Gasteiger partial charge in [-0.05, 0) is 13.0 Å². The largest absolute Gasteiger partial charge is 0.492 e. The Hall–Kier alpha value is -1.13. The Kier molecular flexibility index (Phi) is 4.13. The topological polar surface area (TPSA) is 37.4 Å². The lowest BCUT2D eigenvalue weighted by atomic mass is 10.2. The van der Waals surface area contributed by atoms with E-state index in [1.165, 1.54) is 5.56 Å². The Balaban J connectivity index is 2.01. The highest BCUT2D eigenvalue weighted by atomic mass is 16.5. The van der Waals surface area contributed by atoms with E-state index in [4.69, 9.17) is 4.74 Å². The summed E-state index contributed by atoms with van der Waals surface area (Å²) in [7, 11) is 0. The molecule has 0 unspecified atom stereocenters. The zero-order valence-corrected chi connectivity index (χ0v) is 9.78. The Bertz CT molecular complexity index is 324. The van der Waals surface area contributed by atoms with Gasteiger partial charge < -0.3 is 10.1 Å². The third kappa shape index (κ3) is 2.93. The van der Waals surface area contributed by atoms with Gasteiger partial charge in [-0.2, -0.15) is 0 Å². The maximum Gasteiger partial charge on any atom is 0.142 e. The van der Waals surface area contributed by atoms with Gasteiger partial charge in [0.15, 0.2) is 0 Å². The predicted molar refractivity (Wildman–Crippen MR) is 63.6 cm³/mol. The molecule has 1 aliphatic rings. The lowest BCUT2D eigenvalue weighted by Crippen LogP contribution is -2.42. The molecule has 0 saturated carbocycles. The number of ether oxygens (including phenoxy) is 1. The van der Waals surface area contributed by atoms with E-state index in [0.717, 1.165) is 38.5 Å². The second kappa shape index (κ2) is 5.82. The van der Waals surface area contributed by atoms with Gasteiger partial charge in [-0.1, -0.05) is 0 Å². The zero-order chi connectivity index (χ0) is 11.2. The van der Waals surface area contributed by atoms with E-state index in [0.29, 0.717) is 6.61 Å². The Morgan fingerprint density at radius 3 is 3.00 bits per heavy atom. The molecule has 1 aliphatic heterocycles. The lowest BCUT2D eigenvalue weighted by Gasteiger charge is -2.27. The third-order valence-electron chi connectivity index (χ3n) is 2.77. The number of hydrogen-bond acceptors (Lipinski definition) is 4. The number of rotatable bonds is 4. The van der Waals surface area contributed by atoms with Crippen molar-refractivity contribution in [3.63, 3.8) is 0 Å². The molecule has 16 heavy (non-hydrogen) atoms. The molecule has 0 atom stereocenters. The highest BCUT2D eigenvalue weighted by Gasteiger charge is 2.12. The van der Waals surface area contributed by atoms with Gasteiger partial charge in [0.05, 0.1) is 12.8 Å². The molecule has 2 heterocycles. The fourth-order valence-corrected chi connectivity index (χ4v) is 1.94. The van der Waals surface area contributed by atoms with Crippen molar-refractivity contribution >= 4 is 0 Å². The van der Waals surface area contributed by atoms with Crippen LogP contribution >= 0.6 is 0 Å². The molecule has 0 spiro atoms. The first-order chi connectivity index (χ1) is 7.90. The molecule has 0 amide bonds. The SMILES string of the molecule is CCOc1cnccc1CN1CCNCC1. The minimum atomic E-state index is 0.695. The Morgan fingerprint density at radius 1 is 1.44 bits per heavy atom. The molecule has 1 aromatic heterocycles. The van der Waals surface area contributed by atoms with E-state index >= 15 is 0 Å². The van der Waals surface area contributed by atoms with E-state index in [2.05, 4.69) is 15.2 Å². The molecular formula is C12H19N3O.